The lowest BCUT2D eigenvalue weighted by atomic mass is 10.1. The van der Waals surface area contributed by atoms with Crippen LogP contribution in [0.4, 0.5) is 5.69 Å². The van der Waals surface area contributed by atoms with E-state index in [1.165, 1.54) is 12.1 Å². The van der Waals surface area contributed by atoms with Gasteiger partial charge in [-0.25, -0.2) is 18.4 Å². The molecule has 0 bridgehead atoms. The molecule has 2 aromatic rings. The number of nitrogens with two attached hydrogens (primary N) is 1. The minimum Gasteiger partial charge on any atom is -0.454 e. The van der Waals surface area contributed by atoms with Gasteiger partial charge >= 0.3 is 5.97 Å². The van der Waals surface area contributed by atoms with E-state index >= 15 is 0 Å². The van der Waals surface area contributed by atoms with Crippen molar-refractivity contribution in [3.63, 3.8) is 0 Å². The van der Waals surface area contributed by atoms with Crippen molar-refractivity contribution in [2.45, 2.75) is 17.9 Å². The maximum absolute atomic E-state index is 12.9. The molecule has 9 heteroatoms. The highest BCUT2D eigenvalue weighted by Crippen LogP contribution is 2.29. The Kier molecular flexibility index (Phi) is 6.24. The Morgan fingerprint density at radius 2 is 1.89 bits per heavy atom. The predicted molar refractivity (Wildman–Crippen MR) is 106 cm³/mol. The third-order valence-electron chi connectivity index (χ3n) is 4.50. The van der Waals surface area contributed by atoms with Crippen molar-refractivity contribution in [2.75, 3.05) is 31.2 Å². The molecule has 1 atom stereocenters. The van der Waals surface area contributed by atoms with Gasteiger partial charge in [0.05, 0.1) is 29.4 Å². The van der Waals surface area contributed by atoms with Crippen LogP contribution in [0.1, 0.15) is 28.9 Å². The molecule has 2 aromatic carbocycles. The number of sulfonamides is 1. The molecule has 2 N–H and O–H groups in total. The summed E-state index contributed by atoms with van der Waals surface area (Å²) < 4.78 is 34.4. The van der Waals surface area contributed by atoms with Crippen molar-refractivity contribution < 1.29 is 22.7 Å². The molecule has 150 valence electrons. The first kappa shape index (κ1) is 20.6. The number of esters is 1. The highest BCUT2D eigenvalue weighted by Gasteiger charge is 2.24. The second-order valence-corrected chi connectivity index (χ2v) is 8.36. The number of morpholine rings is 1. The van der Waals surface area contributed by atoms with Gasteiger partial charge in [-0.3, -0.25) is 0 Å². The third kappa shape index (κ3) is 4.64. The van der Waals surface area contributed by atoms with Gasteiger partial charge in [0.1, 0.15) is 6.10 Å². The van der Waals surface area contributed by atoms with Crippen molar-refractivity contribution in [3.05, 3.63) is 58.6 Å². The lowest BCUT2D eigenvalue weighted by Crippen LogP contribution is -2.37. The van der Waals surface area contributed by atoms with Crippen LogP contribution in [0.3, 0.4) is 0 Å². The average Bonchev–Trinajstić information content (AvgIpc) is 2.67. The number of anilines is 1. The van der Waals surface area contributed by atoms with Gasteiger partial charge in [0, 0.05) is 23.7 Å². The normalized spacial score (nSPS) is 15.9. The molecule has 0 unspecified atom stereocenters. The molecule has 1 heterocycles. The second kappa shape index (κ2) is 8.48. The summed E-state index contributed by atoms with van der Waals surface area (Å²) >= 11 is 6.18. The first-order valence-corrected chi connectivity index (χ1v) is 10.6. The van der Waals surface area contributed by atoms with E-state index in [1.807, 2.05) is 4.90 Å². The third-order valence-corrected chi connectivity index (χ3v) is 5.75. The molecule has 3 rings (SSSR count). The Labute approximate surface area is 169 Å². The fourth-order valence-corrected chi connectivity index (χ4v) is 3.86. The van der Waals surface area contributed by atoms with Crippen LogP contribution in [-0.4, -0.2) is 40.7 Å². The van der Waals surface area contributed by atoms with Gasteiger partial charge in [-0.15, -0.1) is 0 Å². The van der Waals surface area contributed by atoms with Gasteiger partial charge in [0.2, 0.25) is 10.0 Å². The van der Waals surface area contributed by atoms with Gasteiger partial charge in [-0.05, 0) is 31.2 Å². The topological polar surface area (TPSA) is 98.9 Å². The van der Waals surface area contributed by atoms with Crippen LogP contribution in [0.5, 0.6) is 0 Å². The monoisotopic (exact) mass is 424 g/mol. The molecular weight excluding hydrogens is 404 g/mol. The van der Waals surface area contributed by atoms with E-state index in [0.717, 1.165) is 0 Å². The Bertz CT molecular complexity index is 974. The lowest BCUT2D eigenvalue weighted by molar-refractivity contribution is 0.0338. The molecule has 7 nitrogen and oxygen atoms in total. The van der Waals surface area contributed by atoms with Crippen molar-refractivity contribution in [3.8, 4) is 0 Å². The number of benzene rings is 2. The van der Waals surface area contributed by atoms with Crippen LogP contribution in [0.15, 0.2) is 47.4 Å². The number of carbonyl (C=O) groups excluding carboxylic acids is 1. The van der Waals surface area contributed by atoms with Crippen LogP contribution in [0, 0.1) is 0 Å². The summed E-state index contributed by atoms with van der Waals surface area (Å²) in [5, 5.41) is 5.72. The summed E-state index contributed by atoms with van der Waals surface area (Å²) in [4.78, 5) is 14.7. The van der Waals surface area contributed by atoms with Gasteiger partial charge in [0.15, 0.2) is 0 Å². The number of hydrogen-bond donors (Lipinski definition) is 1. The Hall–Kier alpha value is -2.13. The molecule has 1 aliphatic rings. The smallest absolute Gasteiger partial charge is 0.340 e. The van der Waals surface area contributed by atoms with E-state index in [0.29, 0.717) is 42.6 Å². The number of rotatable bonds is 5. The largest absolute Gasteiger partial charge is 0.454 e. The maximum Gasteiger partial charge on any atom is 0.340 e. The van der Waals surface area contributed by atoms with Crippen LogP contribution in [0.2, 0.25) is 5.02 Å². The van der Waals surface area contributed by atoms with Crippen LogP contribution in [-0.2, 0) is 19.5 Å². The van der Waals surface area contributed by atoms with Gasteiger partial charge < -0.3 is 14.4 Å². The van der Waals surface area contributed by atoms with E-state index in [2.05, 4.69) is 0 Å². The standard InChI is InChI=1S/C19H21ClN2O5S/c1-13(15-4-2-3-5-17(15)20)27-19(23)16-12-14(28(21,24)25)6-7-18(16)22-8-10-26-11-9-22/h2-7,12-13H,8-11H2,1H3,(H2,21,24,25)/t13-/m1/s1. The first-order chi connectivity index (χ1) is 13.3. The number of primary sulfonamides is 1. The van der Waals surface area contributed by atoms with Crippen LogP contribution < -0.4 is 10.0 Å². The summed E-state index contributed by atoms with van der Waals surface area (Å²) in [5.41, 5.74) is 1.37. The summed E-state index contributed by atoms with van der Waals surface area (Å²) in [6.45, 7) is 3.89. The first-order valence-electron chi connectivity index (χ1n) is 8.72. The average molecular weight is 425 g/mol. The number of nitrogens with zero attached hydrogens (tertiary/aromatic N) is 1. The number of ether oxygens (including phenoxy) is 2. The zero-order valence-corrected chi connectivity index (χ0v) is 16.9. The summed E-state index contributed by atoms with van der Waals surface area (Å²) in [7, 11) is -3.97. The molecule has 0 aromatic heterocycles. The van der Waals surface area contributed by atoms with E-state index < -0.39 is 22.1 Å². The molecule has 0 amide bonds. The maximum atomic E-state index is 12.9. The molecule has 1 fully saturated rings. The molecule has 0 radical (unpaired) electrons. The van der Waals surface area contributed by atoms with Gasteiger partial charge in [-0.2, -0.15) is 0 Å². The fourth-order valence-electron chi connectivity index (χ4n) is 3.03. The molecule has 0 aliphatic carbocycles. The SMILES string of the molecule is C[C@@H](OC(=O)c1cc(S(N)(=O)=O)ccc1N1CCOCC1)c1ccccc1Cl. The summed E-state index contributed by atoms with van der Waals surface area (Å²) in [6.07, 6.45) is -0.614. The minimum absolute atomic E-state index is 0.132. The van der Waals surface area contributed by atoms with Crippen molar-refractivity contribution in [1.82, 2.24) is 0 Å². The molecule has 28 heavy (non-hydrogen) atoms. The highest BCUT2D eigenvalue weighted by atomic mass is 35.5. The minimum atomic E-state index is -3.97. The predicted octanol–water partition coefficient (Wildman–Crippen LogP) is 2.74. The fraction of sp³-hybridized carbons (Fsp3) is 0.316. The van der Waals surface area contributed by atoms with Gasteiger partial charge in [0.25, 0.3) is 0 Å². The lowest BCUT2D eigenvalue weighted by Gasteiger charge is -2.30. The highest BCUT2D eigenvalue weighted by molar-refractivity contribution is 7.89. The van der Waals surface area contributed by atoms with Crippen LogP contribution >= 0.6 is 11.6 Å². The van der Waals surface area contributed by atoms with Crippen molar-refractivity contribution in [1.29, 1.82) is 0 Å². The van der Waals surface area contributed by atoms with E-state index in [4.69, 9.17) is 26.2 Å². The molecule has 1 saturated heterocycles. The second-order valence-electron chi connectivity index (χ2n) is 6.39. The van der Waals surface area contributed by atoms with E-state index in [1.54, 1.807) is 37.3 Å². The zero-order chi connectivity index (χ0) is 20.3. The molecule has 0 spiro atoms. The molecular formula is C19H21ClN2O5S. The Morgan fingerprint density at radius 1 is 1.21 bits per heavy atom. The zero-order valence-electron chi connectivity index (χ0n) is 15.3. The van der Waals surface area contributed by atoms with Gasteiger partial charge in [-0.1, -0.05) is 29.8 Å². The van der Waals surface area contributed by atoms with Crippen LogP contribution in [0.25, 0.3) is 0 Å². The van der Waals surface area contributed by atoms with E-state index in [-0.39, 0.29) is 10.5 Å². The molecule has 1 aliphatic heterocycles. The van der Waals surface area contributed by atoms with Crippen molar-refractivity contribution in [2.24, 2.45) is 5.14 Å². The van der Waals surface area contributed by atoms with E-state index in [9.17, 15) is 13.2 Å². The quantitative estimate of drug-likeness (QED) is 0.741. The number of hydrogen-bond acceptors (Lipinski definition) is 6. The van der Waals surface area contributed by atoms with Crippen molar-refractivity contribution >= 4 is 33.3 Å². The number of carbonyl (C=O) groups is 1. The number of halogens is 1. The molecule has 0 saturated carbocycles. The summed E-state index contributed by atoms with van der Waals surface area (Å²) in [5.74, 6) is -0.653. The Morgan fingerprint density at radius 3 is 2.54 bits per heavy atom. The summed E-state index contributed by atoms with van der Waals surface area (Å²) in [6, 6.07) is 11.3. The Balaban J connectivity index is 1.95.